The van der Waals surface area contributed by atoms with E-state index in [4.69, 9.17) is 5.73 Å². The molecule has 23 heavy (non-hydrogen) atoms. The molecule has 0 saturated carbocycles. The lowest BCUT2D eigenvalue weighted by Crippen LogP contribution is -2.37. The summed E-state index contributed by atoms with van der Waals surface area (Å²) < 4.78 is 0. The lowest BCUT2D eigenvalue weighted by molar-refractivity contribution is -0.123. The van der Waals surface area contributed by atoms with Crippen molar-refractivity contribution in [2.45, 2.75) is 19.3 Å². The van der Waals surface area contributed by atoms with Crippen molar-refractivity contribution < 1.29 is 9.59 Å². The van der Waals surface area contributed by atoms with Crippen molar-refractivity contribution in [3.63, 3.8) is 0 Å². The van der Waals surface area contributed by atoms with Gasteiger partial charge in [-0.25, -0.2) is 0 Å². The number of carbonyl (C=O) groups excluding carboxylic acids is 2. The first-order valence-corrected chi connectivity index (χ1v) is 7.31. The fourth-order valence-electron chi connectivity index (χ4n) is 2.44. The van der Waals surface area contributed by atoms with Crippen molar-refractivity contribution in [3.8, 4) is 0 Å². The SMILES string of the molecule is Cl.Cl.NCC(=O)NCC(=O)Nc1ccccc1N1CCCCC1. The van der Waals surface area contributed by atoms with E-state index in [1.807, 2.05) is 24.3 Å². The number of amides is 2. The van der Waals surface area contributed by atoms with E-state index in [0.29, 0.717) is 0 Å². The second kappa shape index (κ2) is 11.1. The van der Waals surface area contributed by atoms with E-state index in [1.165, 1.54) is 19.3 Å². The minimum absolute atomic E-state index is 0. The number of anilines is 2. The van der Waals surface area contributed by atoms with Crippen LogP contribution in [0.3, 0.4) is 0 Å². The topological polar surface area (TPSA) is 87.5 Å². The number of hydrogen-bond acceptors (Lipinski definition) is 4. The maximum atomic E-state index is 11.9. The van der Waals surface area contributed by atoms with Gasteiger partial charge in [0, 0.05) is 13.1 Å². The largest absolute Gasteiger partial charge is 0.370 e. The predicted molar refractivity (Wildman–Crippen MR) is 97.7 cm³/mol. The number of nitrogens with two attached hydrogens (primary N) is 1. The summed E-state index contributed by atoms with van der Waals surface area (Å²) in [7, 11) is 0. The Bertz CT molecular complexity index is 508. The second-order valence-electron chi connectivity index (χ2n) is 5.09. The Morgan fingerprint density at radius 3 is 2.35 bits per heavy atom. The summed E-state index contributed by atoms with van der Waals surface area (Å²) in [5, 5.41) is 5.31. The van der Waals surface area contributed by atoms with Crippen LogP contribution in [-0.2, 0) is 9.59 Å². The van der Waals surface area contributed by atoms with Crippen LogP contribution in [0, 0.1) is 0 Å². The summed E-state index contributed by atoms with van der Waals surface area (Å²) in [6, 6.07) is 7.75. The standard InChI is InChI=1S/C15H22N4O2.2ClH/c16-10-14(20)17-11-15(21)18-12-6-2-3-7-13(12)19-8-4-1-5-9-19;;/h2-3,6-7H,1,4-5,8-11,16H2,(H,17,20)(H,18,21);2*1H. The van der Waals surface area contributed by atoms with Crippen LogP contribution in [0.2, 0.25) is 0 Å². The molecule has 2 amide bonds. The molecule has 1 saturated heterocycles. The summed E-state index contributed by atoms with van der Waals surface area (Å²) in [5.41, 5.74) is 7.00. The molecular formula is C15H24Cl2N4O2. The molecule has 8 heteroatoms. The Balaban J connectivity index is 0.00000242. The first kappa shape index (κ1) is 21.5. The lowest BCUT2D eigenvalue weighted by atomic mass is 10.1. The van der Waals surface area contributed by atoms with Crippen LogP contribution in [0.25, 0.3) is 0 Å². The van der Waals surface area contributed by atoms with Gasteiger partial charge in [0.25, 0.3) is 0 Å². The predicted octanol–water partition coefficient (Wildman–Crippen LogP) is 1.53. The van der Waals surface area contributed by atoms with E-state index in [-0.39, 0.29) is 49.7 Å². The highest BCUT2D eigenvalue weighted by molar-refractivity contribution is 5.97. The van der Waals surface area contributed by atoms with E-state index in [2.05, 4.69) is 15.5 Å². The number of nitrogens with one attached hydrogen (secondary N) is 2. The highest BCUT2D eigenvalue weighted by atomic mass is 35.5. The molecule has 1 aromatic carbocycles. The van der Waals surface area contributed by atoms with E-state index < -0.39 is 0 Å². The van der Waals surface area contributed by atoms with Gasteiger partial charge in [0.2, 0.25) is 11.8 Å². The van der Waals surface area contributed by atoms with Gasteiger partial charge in [-0.15, -0.1) is 24.8 Å². The van der Waals surface area contributed by atoms with Crippen molar-refractivity contribution in [2.75, 3.05) is 36.4 Å². The molecule has 4 N–H and O–H groups in total. The van der Waals surface area contributed by atoms with Crippen molar-refractivity contribution in [1.82, 2.24) is 5.32 Å². The number of halogens is 2. The zero-order chi connectivity index (χ0) is 15.1. The number of carbonyl (C=O) groups is 2. The first-order valence-electron chi connectivity index (χ1n) is 7.31. The van der Waals surface area contributed by atoms with Crippen LogP contribution in [0.1, 0.15) is 19.3 Å². The normalized spacial score (nSPS) is 13.3. The average molecular weight is 363 g/mol. The second-order valence-corrected chi connectivity index (χ2v) is 5.09. The van der Waals surface area contributed by atoms with Crippen LogP contribution >= 0.6 is 24.8 Å². The van der Waals surface area contributed by atoms with Crippen LogP contribution in [0.5, 0.6) is 0 Å². The molecule has 130 valence electrons. The van der Waals surface area contributed by atoms with Gasteiger partial charge in [0.05, 0.1) is 24.5 Å². The molecule has 6 nitrogen and oxygen atoms in total. The molecule has 0 unspecified atom stereocenters. The number of hydrogen-bond donors (Lipinski definition) is 3. The van der Waals surface area contributed by atoms with Crippen molar-refractivity contribution in [2.24, 2.45) is 5.73 Å². The average Bonchev–Trinajstić information content (AvgIpc) is 2.54. The van der Waals surface area contributed by atoms with E-state index in [9.17, 15) is 9.59 Å². The smallest absolute Gasteiger partial charge is 0.243 e. The zero-order valence-corrected chi connectivity index (χ0v) is 14.5. The highest BCUT2D eigenvalue weighted by Crippen LogP contribution is 2.28. The number of nitrogens with zero attached hydrogens (tertiary/aromatic N) is 1. The van der Waals surface area contributed by atoms with Gasteiger partial charge in [-0.2, -0.15) is 0 Å². The van der Waals surface area contributed by atoms with Gasteiger partial charge in [-0.05, 0) is 31.4 Å². The highest BCUT2D eigenvalue weighted by Gasteiger charge is 2.15. The maximum Gasteiger partial charge on any atom is 0.243 e. The van der Waals surface area contributed by atoms with Crippen LogP contribution < -0.4 is 21.3 Å². The van der Waals surface area contributed by atoms with Gasteiger partial charge in [0.15, 0.2) is 0 Å². The molecule has 0 aromatic heterocycles. The summed E-state index contributed by atoms with van der Waals surface area (Å²) in [4.78, 5) is 25.2. The molecule has 0 bridgehead atoms. The number of para-hydroxylation sites is 2. The van der Waals surface area contributed by atoms with E-state index in [0.717, 1.165) is 24.5 Å². The Morgan fingerprint density at radius 1 is 1.04 bits per heavy atom. The Hall–Kier alpha value is -1.50. The molecule has 1 aliphatic heterocycles. The number of rotatable bonds is 5. The molecule has 0 aliphatic carbocycles. The maximum absolute atomic E-state index is 11.9. The van der Waals surface area contributed by atoms with E-state index >= 15 is 0 Å². The van der Waals surface area contributed by atoms with Crippen molar-refractivity contribution in [1.29, 1.82) is 0 Å². The third-order valence-corrected chi connectivity index (χ3v) is 3.51. The third-order valence-electron chi connectivity index (χ3n) is 3.51. The zero-order valence-electron chi connectivity index (χ0n) is 12.9. The lowest BCUT2D eigenvalue weighted by Gasteiger charge is -2.30. The molecule has 2 rings (SSSR count). The number of benzene rings is 1. The third kappa shape index (κ3) is 6.64. The minimum atomic E-state index is -0.338. The fraction of sp³-hybridized carbons (Fsp3) is 0.467. The van der Waals surface area contributed by atoms with E-state index in [1.54, 1.807) is 0 Å². The Kier molecular flexibility index (Phi) is 10.4. The molecular weight excluding hydrogens is 339 g/mol. The first-order chi connectivity index (χ1) is 10.2. The fourth-order valence-corrected chi connectivity index (χ4v) is 2.44. The summed E-state index contributed by atoms with van der Waals surface area (Å²) in [6.45, 7) is 1.84. The molecule has 0 atom stereocenters. The minimum Gasteiger partial charge on any atom is -0.370 e. The van der Waals surface area contributed by atoms with Crippen molar-refractivity contribution in [3.05, 3.63) is 24.3 Å². The molecule has 0 radical (unpaired) electrons. The molecule has 1 fully saturated rings. The van der Waals surface area contributed by atoms with Crippen LogP contribution in [0.4, 0.5) is 11.4 Å². The van der Waals surface area contributed by atoms with Gasteiger partial charge < -0.3 is 21.3 Å². The summed E-state index contributed by atoms with van der Waals surface area (Å²) in [6.07, 6.45) is 3.61. The Morgan fingerprint density at radius 2 is 1.70 bits per heavy atom. The number of piperidine rings is 1. The van der Waals surface area contributed by atoms with Crippen molar-refractivity contribution >= 4 is 48.0 Å². The van der Waals surface area contributed by atoms with Gasteiger partial charge in [0.1, 0.15) is 0 Å². The quantitative estimate of drug-likeness (QED) is 0.741. The van der Waals surface area contributed by atoms with Crippen LogP contribution in [-0.4, -0.2) is 38.0 Å². The van der Waals surface area contributed by atoms with Gasteiger partial charge >= 0.3 is 0 Å². The summed E-state index contributed by atoms with van der Waals surface area (Å²) >= 11 is 0. The molecule has 1 aliphatic rings. The summed E-state index contributed by atoms with van der Waals surface area (Å²) in [5.74, 6) is -0.587. The van der Waals surface area contributed by atoms with Gasteiger partial charge in [-0.3, -0.25) is 9.59 Å². The molecule has 1 aromatic rings. The monoisotopic (exact) mass is 362 g/mol. The van der Waals surface area contributed by atoms with Gasteiger partial charge in [-0.1, -0.05) is 12.1 Å². The Labute approximate surface area is 149 Å². The molecule has 0 spiro atoms. The van der Waals surface area contributed by atoms with Crippen LogP contribution in [0.15, 0.2) is 24.3 Å². The molecule has 1 heterocycles.